The minimum Gasteiger partial charge on any atom is -0.313 e. The molecule has 20 heavy (non-hydrogen) atoms. The zero-order valence-corrected chi connectivity index (χ0v) is 12.5. The molecule has 7 nitrogen and oxygen atoms in total. The zero-order chi connectivity index (χ0) is 15.5. The quantitative estimate of drug-likeness (QED) is 0.328. The van der Waals surface area contributed by atoms with Crippen molar-refractivity contribution in [3.8, 4) is 0 Å². The van der Waals surface area contributed by atoms with Crippen LogP contribution in [0.2, 0.25) is 0 Å². The first-order valence-electron chi connectivity index (χ1n) is 6.79. The number of hydrogen-bond donors (Lipinski definition) is 1. The van der Waals surface area contributed by atoms with Gasteiger partial charge in [-0.2, -0.15) is 0 Å². The number of nitrogens with zero attached hydrogens (tertiary/aromatic N) is 3. The molecule has 1 heterocycles. The van der Waals surface area contributed by atoms with Crippen LogP contribution in [0.1, 0.15) is 40.0 Å². The molecule has 0 aromatic heterocycles. The second-order valence-electron chi connectivity index (χ2n) is 5.60. The van der Waals surface area contributed by atoms with Crippen LogP contribution in [0.15, 0.2) is 0 Å². The van der Waals surface area contributed by atoms with Crippen molar-refractivity contribution >= 4 is 18.3 Å². The summed E-state index contributed by atoms with van der Waals surface area (Å²) in [7, 11) is 1.57. The van der Waals surface area contributed by atoms with Gasteiger partial charge in [0.25, 0.3) is 5.91 Å². The number of hydrogen-bond acceptors (Lipinski definition) is 4. The lowest BCUT2D eigenvalue weighted by atomic mass is 10.0. The molecule has 0 aromatic rings. The second kappa shape index (κ2) is 6.21. The van der Waals surface area contributed by atoms with E-state index in [1.807, 2.05) is 6.92 Å². The van der Waals surface area contributed by atoms with E-state index in [9.17, 15) is 19.6 Å². The van der Waals surface area contributed by atoms with Crippen molar-refractivity contribution < 1.29 is 19.6 Å². The molecule has 0 aromatic carbocycles. The van der Waals surface area contributed by atoms with Gasteiger partial charge in [-0.3, -0.25) is 19.7 Å². The molecule has 1 aliphatic rings. The van der Waals surface area contributed by atoms with Crippen LogP contribution in [0.3, 0.4) is 0 Å². The van der Waals surface area contributed by atoms with Crippen molar-refractivity contribution in [2.45, 2.75) is 51.6 Å². The summed E-state index contributed by atoms with van der Waals surface area (Å²) in [4.78, 5) is 37.5. The summed E-state index contributed by atoms with van der Waals surface area (Å²) in [5.41, 5.74) is -0.895. The number of rotatable bonds is 7. The molecule has 0 bridgehead atoms. The van der Waals surface area contributed by atoms with Gasteiger partial charge in [-0.1, -0.05) is 19.8 Å². The topological polar surface area (TPSA) is 81.2 Å². The fourth-order valence-corrected chi connectivity index (χ4v) is 2.19. The Hall–Kier alpha value is -1.63. The van der Waals surface area contributed by atoms with E-state index in [0.29, 0.717) is 17.9 Å². The Balaban J connectivity index is 2.85. The van der Waals surface area contributed by atoms with Crippen molar-refractivity contribution in [2.24, 2.45) is 0 Å². The maximum absolute atomic E-state index is 12.2. The van der Waals surface area contributed by atoms with Gasteiger partial charge in [-0.05, 0) is 20.3 Å². The van der Waals surface area contributed by atoms with Gasteiger partial charge in [-0.25, -0.2) is 9.86 Å². The minimum atomic E-state index is -0.895. The van der Waals surface area contributed by atoms with Crippen molar-refractivity contribution in [3.05, 3.63) is 0 Å². The predicted octanol–water partition coefficient (Wildman–Crippen LogP) is 1.07. The Bertz CT molecular complexity index is 397. The first-order chi connectivity index (χ1) is 9.27. The van der Waals surface area contributed by atoms with Crippen LogP contribution in [0, 0.1) is 0 Å². The average molecular weight is 285 g/mol. The molecule has 114 valence electrons. The number of likely N-dealkylation sites (N-methyl/N-ethyl adjacent to an activating group) is 1. The molecular formula is C13H23N3O4. The molecule has 4 amide bonds. The Morgan fingerprint density at radius 2 is 2.00 bits per heavy atom. The molecule has 1 fully saturated rings. The lowest BCUT2D eigenvalue weighted by molar-refractivity contribution is -0.163. The highest BCUT2D eigenvalue weighted by atomic mass is 16.5. The van der Waals surface area contributed by atoms with E-state index in [1.54, 1.807) is 20.9 Å². The maximum Gasteiger partial charge on any atom is 0.327 e. The predicted molar refractivity (Wildman–Crippen MR) is 72.0 cm³/mol. The first-order valence-corrected chi connectivity index (χ1v) is 6.79. The van der Waals surface area contributed by atoms with E-state index in [2.05, 4.69) is 0 Å². The van der Waals surface area contributed by atoms with Gasteiger partial charge in [0.15, 0.2) is 0 Å². The van der Waals surface area contributed by atoms with Gasteiger partial charge < -0.3 is 4.90 Å². The van der Waals surface area contributed by atoms with E-state index >= 15 is 0 Å². The number of hydroxylamine groups is 2. The Morgan fingerprint density at radius 1 is 1.40 bits per heavy atom. The van der Waals surface area contributed by atoms with E-state index < -0.39 is 17.6 Å². The molecule has 0 radical (unpaired) electrons. The van der Waals surface area contributed by atoms with E-state index in [1.165, 1.54) is 4.90 Å². The fourth-order valence-electron chi connectivity index (χ4n) is 2.19. The fraction of sp³-hybridized carbons (Fsp3) is 0.769. The Kier molecular flexibility index (Phi) is 5.10. The molecule has 1 unspecified atom stereocenters. The van der Waals surface area contributed by atoms with Crippen LogP contribution in [-0.4, -0.2) is 63.6 Å². The van der Waals surface area contributed by atoms with Gasteiger partial charge in [0.1, 0.15) is 5.54 Å². The third-order valence-corrected chi connectivity index (χ3v) is 3.89. The third kappa shape index (κ3) is 2.92. The van der Waals surface area contributed by atoms with Crippen LogP contribution in [0.25, 0.3) is 0 Å². The van der Waals surface area contributed by atoms with Gasteiger partial charge in [-0.15, -0.1) is 0 Å². The molecule has 1 rings (SSSR count). The second-order valence-corrected chi connectivity index (χ2v) is 5.60. The zero-order valence-electron chi connectivity index (χ0n) is 12.5. The minimum absolute atomic E-state index is 0.0146. The number of urea groups is 1. The van der Waals surface area contributed by atoms with Gasteiger partial charge in [0.05, 0.1) is 12.6 Å². The molecule has 1 aliphatic heterocycles. The van der Waals surface area contributed by atoms with E-state index in [4.69, 9.17) is 0 Å². The number of carbonyl (C=O) groups excluding carboxylic acids is 3. The summed E-state index contributed by atoms with van der Waals surface area (Å²) in [5.74, 6) is -0.314. The molecule has 0 aliphatic carbocycles. The number of amides is 4. The van der Waals surface area contributed by atoms with Crippen molar-refractivity contribution in [3.63, 3.8) is 0 Å². The average Bonchev–Trinajstić information content (AvgIpc) is 2.56. The van der Waals surface area contributed by atoms with Crippen molar-refractivity contribution in [1.82, 2.24) is 14.9 Å². The molecular weight excluding hydrogens is 262 g/mol. The Labute approximate surface area is 119 Å². The number of carbonyl (C=O) groups is 3. The van der Waals surface area contributed by atoms with Gasteiger partial charge in [0, 0.05) is 7.05 Å². The van der Waals surface area contributed by atoms with E-state index in [0.717, 1.165) is 17.7 Å². The summed E-state index contributed by atoms with van der Waals surface area (Å²) < 4.78 is 0. The summed E-state index contributed by atoms with van der Waals surface area (Å²) in [5, 5.41) is 10.1. The molecule has 0 saturated carbocycles. The maximum atomic E-state index is 12.2. The summed E-state index contributed by atoms with van der Waals surface area (Å²) in [6.45, 7) is 5.35. The highest BCUT2D eigenvalue weighted by Crippen LogP contribution is 2.26. The van der Waals surface area contributed by atoms with Crippen LogP contribution in [-0.2, 0) is 9.59 Å². The largest absolute Gasteiger partial charge is 0.327 e. The third-order valence-electron chi connectivity index (χ3n) is 3.89. The molecule has 7 heteroatoms. The Morgan fingerprint density at radius 3 is 2.40 bits per heavy atom. The number of imide groups is 1. The molecule has 1 saturated heterocycles. The summed E-state index contributed by atoms with van der Waals surface area (Å²) in [6, 6.07) is -0.969. The number of unbranched alkanes of at least 4 members (excludes halogenated alkanes) is 1. The lowest BCUT2D eigenvalue weighted by Crippen LogP contribution is -2.45. The normalized spacial score (nSPS) is 19.4. The van der Waals surface area contributed by atoms with Crippen molar-refractivity contribution in [2.75, 3.05) is 13.6 Å². The lowest BCUT2D eigenvalue weighted by Gasteiger charge is -2.26. The SMILES string of the molecule is CCCCC(CN1C(=O)N(C)C(C)(C)C1=O)N(O)C=O. The van der Waals surface area contributed by atoms with Gasteiger partial charge >= 0.3 is 6.03 Å². The monoisotopic (exact) mass is 285 g/mol. The molecule has 0 spiro atoms. The molecule has 1 atom stereocenters. The van der Waals surface area contributed by atoms with Crippen LogP contribution in [0.5, 0.6) is 0 Å². The van der Waals surface area contributed by atoms with Crippen molar-refractivity contribution in [1.29, 1.82) is 0 Å². The first kappa shape index (κ1) is 16.4. The summed E-state index contributed by atoms with van der Waals surface area (Å²) in [6.07, 6.45) is 2.54. The smallest absolute Gasteiger partial charge is 0.313 e. The van der Waals surface area contributed by atoms with E-state index in [-0.39, 0.29) is 12.5 Å². The highest BCUT2D eigenvalue weighted by Gasteiger charge is 2.49. The highest BCUT2D eigenvalue weighted by molar-refractivity contribution is 6.06. The standard InChI is InChI=1S/C13H23N3O4/c1-5-6-7-10(16(20)9-17)8-15-11(18)13(2,3)14(4)12(15)19/h9-10,20H,5-8H2,1-4H3. The van der Waals surface area contributed by atoms with Crippen LogP contribution >= 0.6 is 0 Å². The molecule has 1 N–H and O–H groups in total. The van der Waals surface area contributed by atoms with Crippen LogP contribution in [0.4, 0.5) is 4.79 Å². The summed E-state index contributed by atoms with van der Waals surface area (Å²) >= 11 is 0. The van der Waals surface area contributed by atoms with Gasteiger partial charge in [0.2, 0.25) is 6.41 Å². The van der Waals surface area contributed by atoms with Crippen LogP contribution < -0.4 is 0 Å².